The van der Waals surface area contributed by atoms with Gasteiger partial charge in [-0.05, 0) is 36.4 Å². The maximum atomic E-state index is 14.3. The molecule has 0 saturated carbocycles. The first kappa shape index (κ1) is 23.0. The van der Waals surface area contributed by atoms with Gasteiger partial charge in [0.1, 0.15) is 12.0 Å². The van der Waals surface area contributed by atoms with E-state index in [2.05, 4.69) is 25.1 Å². The normalized spacial score (nSPS) is 12.8. The van der Waals surface area contributed by atoms with Gasteiger partial charge >= 0.3 is 0 Å². The Hall–Kier alpha value is -3.21. The molecule has 8 nitrogen and oxygen atoms in total. The standard InChI is InChI=1S/C22H16Cl2N5O3P/c1-25-16-5-15(24)6-17(8-16)33(31,32-2)21-18-7-14(23)3-4-19(18)29-20(21)22(30)28-11-13-9-26-12-27-10-13/h3-10,12,29H,11H2,2H3,(H,28,30). The molecule has 2 heterocycles. The van der Waals surface area contributed by atoms with Gasteiger partial charge in [-0.2, -0.15) is 0 Å². The first-order chi connectivity index (χ1) is 15.9. The first-order valence-corrected chi connectivity index (χ1v) is 11.9. The van der Waals surface area contributed by atoms with Crippen molar-refractivity contribution in [1.82, 2.24) is 20.3 Å². The van der Waals surface area contributed by atoms with Crippen LogP contribution >= 0.6 is 30.6 Å². The molecule has 0 bridgehead atoms. The summed E-state index contributed by atoms with van der Waals surface area (Å²) >= 11 is 12.4. The fraction of sp³-hybridized carbons (Fsp3) is 0.0909. The highest BCUT2D eigenvalue weighted by atomic mass is 35.5. The molecule has 4 aromatic rings. The van der Waals surface area contributed by atoms with Crippen LogP contribution in [0.2, 0.25) is 10.0 Å². The lowest BCUT2D eigenvalue weighted by Gasteiger charge is -2.19. The van der Waals surface area contributed by atoms with Crippen LogP contribution in [0.1, 0.15) is 16.1 Å². The van der Waals surface area contributed by atoms with Crippen molar-refractivity contribution in [2.24, 2.45) is 0 Å². The van der Waals surface area contributed by atoms with Crippen LogP contribution in [0.25, 0.3) is 15.7 Å². The van der Waals surface area contributed by atoms with Crippen molar-refractivity contribution in [3.8, 4) is 0 Å². The molecule has 0 radical (unpaired) electrons. The van der Waals surface area contributed by atoms with E-state index in [0.717, 1.165) is 0 Å². The van der Waals surface area contributed by atoms with Crippen molar-refractivity contribution < 1.29 is 13.9 Å². The lowest BCUT2D eigenvalue weighted by molar-refractivity contribution is 0.0947. The average molecular weight is 500 g/mol. The van der Waals surface area contributed by atoms with Gasteiger partial charge in [0.05, 0.1) is 11.9 Å². The molecule has 33 heavy (non-hydrogen) atoms. The average Bonchev–Trinajstić information content (AvgIpc) is 3.21. The van der Waals surface area contributed by atoms with Gasteiger partial charge in [-0.1, -0.05) is 23.2 Å². The number of H-pyrrole nitrogens is 1. The number of carbonyl (C=O) groups is 1. The predicted molar refractivity (Wildman–Crippen MR) is 128 cm³/mol. The van der Waals surface area contributed by atoms with Crippen molar-refractivity contribution in [1.29, 1.82) is 0 Å². The third-order valence-electron chi connectivity index (χ3n) is 4.92. The van der Waals surface area contributed by atoms with E-state index < -0.39 is 13.3 Å². The van der Waals surface area contributed by atoms with Crippen LogP contribution in [0.15, 0.2) is 55.1 Å². The van der Waals surface area contributed by atoms with Crippen LogP contribution in [-0.2, 0) is 15.6 Å². The number of amides is 1. The highest BCUT2D eigenvalue weighted by molar-refractivity contribution is 7.75. The van der Waals surface area contributed by atoms with Crippen LogP contribution < -0.4 is 15.9 Å². The quantitative estimate of drug-likeness (QED) is 0.297. The van der Waals surface area contributed by atoms with Gasteiger partial charge in [-0.25, -0.2) is 14.8 Å². The molecule has 0 spiro atoms. The number of hydrogen-bond acceptors (Lipinski definition) is 5. The molecular weight excluding hydrogens is 484 g/mol. The molecule has 0 saturated heterocycles. The minimum absolute atomic E-state index is 0.0543. The highest BCUT2D eigenvalue weighted by Crippen LogP contribution is 2.48. The lowest BCUT2D eigenvalue weighted by Crippen LogP contribution is -2.30. The molecule has 166 valence electrons. The fourth-order valence-corrected chi connectivity index (χ4v) is 6.13. The second kappa shape index (κ2) is 9.34. The zero-order chi connectivity index (χ0) is 23.6. The van der Waals surface area contributed by atoms with E-state index in [9.17, 15) is 9.36 Å². The molecular formula is C22H16Cl2N5O3P. The van der Waals surface area contributed by atoms with E-state index in [1.54, 1.807) is 30.6 Å². The Morgan fingerprint density at radius 1 is 1.18 bits per heavy atom. The number of halogens is 2. The van der Waals surface area contributed by atoms with E-state index in [0.29, 0.717) is 21.5 Å². The van der Waals surface area contributed by atoms with Crippen LogP contribution in [0.5, 0.6) is 0 Å². The Morgan fingerprint density at radius 3 is 2.64 bits per heavy atom. The SMILES string of the molecule is [C-]#[N+]c1cc(Cl)cc(P(=O)(OC)c2c(C(=O)NCc3cncnc3)[nH]c3ccc(Cl)cc23)c1. The molecule has 2 N–H and O–H groups in total. The Bertz CT molecular complexity index is 1450. The molecule has 1 atom stereocenters. The third kappa shape index (κ3) is 4.50. The van der Waals surface area contributed by atoms with E-state index >= 15 is 0 Å². The number of nitrogens with one attached hydrogen (secondary N) is 2. The highest BCUT2D eigenvalue weighted by Gasteiger charge is 2.36. The fourth-order valence-electron chi connectivity index (χ4n) is 3.43. The van der Waals surface area contributed by atoms with Gasteiger partial charge in [-0.15, -0.1) is 0 Å². The van der Waals surface area contributed by atoms with Gasteiger partial charge in [0, 0.05) is 57.9 Å². The number of fused-ring (bicyclic) bond motifs is 1. The van der Waals surface area contributed by atoms with E-state index in [-0.39, 0.29) is 33.6 Å². The summed E-state index contributed by atoms with van der Waals surface area (Å²) in [5.41, 5.74) is 1.49. The summed E-state index contributed by atoms with van der Waals surface area (Å²) in [6, 6.07) is 9.31. The van der Waals surface area contributed by atoms with Crippen molar-refractivity contribution in [2.75, 3.05) is 7.11 Å². The molecule has 2 aromatic carbocycles. The van der Waals surface area contributed by atoms with Crippen molar-refractivity contribution in [2.45, 2.75) is 6.54 Å². The van der Waals surface area contributed by atoms with Gasteiger partial charge in [0.15, 0.2) is 5.69 Å². The maximum Gasteiger partial charge on any atom is 0.268 e. The monoisotopic (exact) mass is 499 g/mol. The topological polar surface area (TPSA) is 101 Å². The minimum Gasteiger partial charge on any atom is -0.350 e. The molecule has 0 aliphatic rings. The molecule has 2 aromatic heterocycles. The third-order valence-corrected chi connectivity index (χ3v) is 7.87. The molecule has 4 rings (SSSR count). The second-order valence-corrected chi connectivity index (χ2v) is 10.3. The second-order valence-electron chi connectivity index (χ2n) is 6.98. The number of aromatic amines is 1. The molecule has 1 amide bonds. The lowest BCUT2D eigenvalue weighted by atomic mass is 10.2. The van der Waals surface area contributed by atoms with E-state index in [1.807, 2.05) is 0 Å². The summed E-state index contributed by atoms with van der Waals surface area (Å²) < 4.78 is 19.9. The largest absolute Gasteiger partial charge is 0.350 e. The van der Waals surface area contributed by atoms with Gasteiger partial charge < -0.3 is 14.8 Å². The van der Waals surface area contributed by atoms with Crippen LogP contribution in [0.3, 0.4) is 0 Å². The summed E-state index contributed by atoms with van der Waals surface area (Å²) in [5.74, 6) is -0.508. The number of hydrogen-bond donors (Lipinski definition) is 2. The number of rotatable bonds is 6. The summed E-state index contributed by atoms with van der Waals surface area (Å²) in [6.07, 6.45) is 4.55. The maximum absolute atomic E-state index is 14.3. The predicted octanol–water partition coefficient (Wildman–Crippen LogP) is 4.62. The first-order valence-electron chi connectivity index (χ1n) is 9.54. The van der Waals surface area contributed by atoms with Gasteiger partial charge in [0.25, 0.3) is 13.3 Å². The van der Waals surface area contributed by atoms with Crippen LogP contribution in [0, 0.1) is 6.57 Å². The van der Waals surface area contributed by atoms with Gasteiger partial charge in [-0.3, -0.25) is 9.36 Å². The Balaban J connectivity index is 1.88. The smallest absolute Gasteiger partial charge is 0.268 e. The van der Waals surface area contributed by atoms with Crippen LogP contribution in [-0.4, -0.2) is 28.0 Å². The van der Waals surface area contributed by atoms with Crippen LogP contribution in [0.4, 0.5) is 5.69 Å². The molecule has 0 aliphatic heterocycles. The summed E-state index contributed by atoms with van der Waals surface area (Å²) in [4.78, 5) is 27.5. The van der Waals surface area contributed by atoms with Crippen molar-refractivity contribution in [3.05, 3.63) is 87.8 Å². The zero-order valence-corrected chi connectivity index (χ0v) is 19.6. The minimum atomic E-state index is -3.88. The van der Waals surface area contributed by atoms with E-state index in [4.69, 9.17) is 34.3 Å². The summed E-state index contributed by atoms with van der Waals surface area (Å²) in [5, 5.41) is 4.19. The number of carbonyl (C=O) groups excluding carboxylic acids is 1. The summed E-state index contributed by atoms with van der Waals surface area (Å²) in [6.45, 7) is 7.48. The molecule has 0 fully saturated rings. The number of aromatic nitrogens is 3. The Kier molecular flexibility index (Phi) is 6.50. The summed E-state index contributed by atoms with van der Waals surface area (Å²) in [7, 11) is -2.60. The van der Waals surface area contributed by atoms with Crippen molar-refractivity contribution >= 4 is 63.7 Å². The number of benzene rings is 2. The Labute approximate surface area is 199 Å². The zero-order valence-electron chi connectivity index (χ0n) is 17.2. The molecule has 1 unspecified atom stereocenters. The Morgan fingerprint density at radius 2 is 1.94 bits per heavy atom. The van der Waals surface area contributed by atoms with E-state index in [1.165, 1.54) is 31.6 Å². The number of nitrogens with zero attached hydrogens (tertiary/aromatic N) is 3. The van der Waals surface area contributed by atoms with Gasteiger partial charge in [0.2, 0.25) is 0 Å². The molecule has 0 aliphatic carbocycles. The van der Waals surface area contributed by atoms with Crippen molar-refractivity contribution in [3.63, 3.8) is 0 Å². The molecule has 11 heteroatoms.